The van der Waals surface area contributed by atoms with Gasteiger partial charge in [0.25, 0.3) is 0 Å². The fourth-order valence-electron chi connectivity index (χ4n) is 1.30. The van der Waals surface area contributed by atoms with Crippen molar-refractivity contribution in [1.29, 1.82) is 0 Å². The monoisotopic (exact) mass is 262 g/mol. The molecule has 4 N–H and O–H groups in total. The maximum Gasteiger partial charge on any atom is 0.336 e. The number of rotatable bonds is 4. The molecule has 0 saturated carbocycles. The zero-order valence-electron chi connectivity index (χ0n) is 9.20. The van der Waals surface area contributed by atoms with E-state index < -0.39 is 5.97 Å². The van der Waals surface area contributed by atoms with Crippen LogP contribution < -0.4 is 11.2 Å². The molecule has 1 heterocycles. The molecule has 0 radical (unpaired) electrons. The summed E-state index contributed by atoms with van der Waals surface area (Å²) < 4.78 is 0. The van der Waals surface area contributed by atoms with E-state index in [9.17, 15) is 4.79 Å². The first-order valence-electron chi connectivity index (χ1n) is 4.99. The predicted octanol–water partition coefficient (Wildman–Crippen LogP) is 1.87. The molecule has 0 bridgehead atoms. The van der Waals surface area contributed by atoms with Crippen LogP contribution in [0.1, 0.15) is 15.9 Å². The van der Waals surface area contributed by atoms with Gasteiger partial charge in [-0.1, -0.05) is 18.2 Å². The van der Waals surface area contributed by atoms with Gasteiger partial charge in [0.2, 0.25) is 5.13 Å². The second-order valence-electron chi connectivity index (χ2n) is 3.34. The van der Waals surface area contributed by atoms with E-state index in [2.05, 4.69) is 15.5 Å². The number of hydrazone groups is 1. The average molecular weight is 262 g/mol. The molecule has 1 aromatic carbocycles. The van der Waals surface area contributed by atoms with Gasteiger partial charge in [0, 0.05) is 10.9 Å². The number of carboxylic acid groups (broad SMARTS) is 1. The molecule has 6 nitrogen and oxygen atoms in total. The van der Waals surface area contributed by atoms with Crippen molar-refractivity contribution < 1.29 is 9.90 Å². The number of aromatic nitrogens is 1. The van der Waals surface area contributed by atoms with E-state index in [1.807, 2.05) is 0 Å². The normalized spacial score (nSPS) is 10.7. The van der Waals surface area contributed by atoms with Crippen LogP contribution in [0.15, 0.2) is 34.7 Å². The Hall–Kier alpha value is -2.41. The third-order valence-electron chi connectivity index (χ3n) is 2.08. The van der Waals surface area contributed by atoms with Crippen molar-refractivity contribution in [2.24, 2.45) is 5.10 Å². The zero-order valence-corrected chi connectivity index (χ0v) is 10.0. The van der Waals surface area contributed by atoms with E-state index >= 15 is 0 Å². The molecule has 0 aliphatic heterocycles. The highest BCUT2D eigenvalue weighted by Gasteiger charge is 2.06. The molecule has 92 valence electrons. The Morgan fingerprint density at radius 3 is 2.94 bits per heavy atom. The molecule has 0 aliphatic carbocycles. The molecular formula is C11H10N4O2S. The van der Waals surface area contributed by atoms with Gasteiger partial charge in [-0.3, -0.25) is 5.43 Å². The minimum atomic E-state index is -0.990. The van der Waals surface area contributed by atoms with Gasteiger partial charge in [-0.2, -0.15) is 5.10 Å². The molecular weight excluding hydrogens is 252 g/mol. The van der Waals surface area contributed by atoms with E-state index in [1.165, 1.54) is 23.6 Å². The Kier molecular flexibility index (Phi) is 3.54. The molecule has 7 heteroatoms. The van der Waals surface area contributed by atoms with Crippen LogP contribution in [-0.2, 0) is 0 Å². The van der Waals surface area contributed by atoms with Crippen molar-refractivity contribution in [3.63, 3.8) is 0 Å². The van der Waals surface area contributed by atoms with Gasteiger partial charge in [-0.15, -0.1) is 11.3 Å². The van der Waals surface area contributed by atoms with Crippen LogP contribution >= 0.6 is 11.3 Å². The molecule has 0 saturated heterocycles. The van der Waals surface area contributed by atoms with Crippen molar-refractivity contribution >= 4 is 34.5 Å². The summed E-state index contributed by atoms with van der Waals surface area (Å²) in [6, 6.07) is 6.60. The topological polar surface area (TPSA) is 101 Å². The first kappa shape index (κ1) is 12.1. The molecule has 0 aliphatic rings. The summed E-state index contributed by atoms with van der Waals surface area (Å²) in [5.41, 5.74) is 8.85. The highest BCUT2D eigenvalue weighted by Crippen LogP contribution is 2.16. The van der Waals surface area contributed by atoms with Crippen LogP contribution in [0.2, 0.25) is 0 Å². The molecule has 0 spiro atoms. The summed E-state index contributed by atoms with van der Waals surface area (Å²) in [4.78, 5) is 14.9. The number of nitrogen functional groups attached to an aromatic ring is 1. The zero-order chi connectivity index (χ0) is 13.0. The van der Waals surface area contributed by atoms with Gasteiger partial charge in [0.1, 0.15) is 5.82 Å². The van der Waals surface area contributed by atoms with Crippen LogP contribution in [0, 0.1) is 0 Å². The lowest BCUT2D eigenvalue weighted by Gasteiger charge is -1.99. The third-order valence-corrected chi connectivity index (χ3v) is 2.84. The lowest BCUT2D eigenvalue weighted by molar-refractivity contribution is 0.0697. The number of thiazole rings is 1. The Morgan fingerprint density at radius 1 is 1.50 bits per heavy atom. The first-order chi connectivity index (χ1) is 8.66. The molecule has 0 unspecified atom stereocenters. The maximum absolute atomic E-state index is 10.9. The number of hydrogen-bond acceptors (Lipinski definition) is 6. The Morgan fingerprint density at radius 2 is 2.28 bits per heavy atom. The van der Waals surface area contributed by atoms with Crippen LogP contribution in [0.3, 0.4) is 0 Å². The van der Waals surface area contributed by atoms with E-state index in [0.717, 1.165) is 0 Å². The smallest absolute Gasteiger partial charge is 0.336 e. The van der Waals surface area contributed by atoms with Gasteiger partial charge in [0.15, 0.2) is 0 Å². The molecule has 2 rings (SSSR count). The van der Waals surface area contributed by atoms with Crippen molar-refractivity contribution in [2.75, 3.05) is 11.2 Å². The number of nitrogens with two attached hydrogens (primary N) is 1. The molecule has 1 aromatic heterocycles. The maximum atomic E-state index is 10.9. The Balaban J connectivity index is 2.11. The number of hydrogen-bond donors (Lipinski definition) is 3. The van der Waals surface area contributed by atoms with Crippen molar-refractivity contribution in [1.82, 2.24) is 4.98 Å². The van der Waals surface area contributed by atoms with E-state index in [-0.39, 0.29) is 5.56 Å². The Bertz CT molecular complexity index is 594. The standard InChI is InChI=1S/C11H10N4O2S/c12-9-6-18-11(14-9)15-13-5-7-3-1-2-4-8(7)10(16)17/h1-6H,12H2,(H,14,15)(H,16,17). The van der Waals surface area contributed by atoms with Gasteiger partial charge < -0.3 is 10.8 Å². The molecule has 0 atom stereocenters. The van der Waals surface area contributed by atoms with E-state index in [4.69, 9.17) is 10.8 Å². The van der Waals surface area contributed by atoms with Gasteiger partial charge >= 0.3 is 5.97 Å². The second kappa shape index (κ2) is 5.28. The van der Waals surface area contributed by atoms with Crippen molar-refractivity contribution in [3.05, 3.63) is 40.8 Å². The second-order valence-corrected chi connectivity index (χ2v) is 4.20. The minimum absolute atomic E-state index is 0.196. The number of carboxylic acids is 1. The number of anilines is 2. The van der Waals surface area contributed by atoms with Crippen molar-refractivity contribution in [3.8, 4) is 0 Å². The predicted molar refractivity (Wildman–Crippen MR) is 71.1 cm³/mol. The van der Waals surface area contributed by atoms with Gasteiger partial charge in [-0.05, 0) is 6.07 Å². The average Bonchev–Trinajstić information content (AvgIpc) is 2.75. The molecule has 2 aromatic rings. The molecule has 0 fully saturated rings. The van der Waals surface area contributed by atoms with Crippen LogP contribution in [0.5, 0.6) is 0 Å². The first-order valence-corrected chi connectivity index (χ1v) is 5.87. The summed E-state index contributed by atoms with van der Waals surface area (Å²) >= 11 is 1.32. The minimum Gasteiger partial charge on any atom is -0.478 e. The van der Waals surface area contributed by atoms with Crippen LogP contribution in [0.4, 0.5) is 10.9 Å². The van der Waals surface area contributed by atoms with Gasteiger partial charge in [0.05, 0.1) is 11.8 Å². The summed E-state index contributed by atoms with van der Waals surface area (Å²) in [5, 5.41) is 15.1. The lowest BCUT2D eigenvalue weighted by Crippen LogP contribution is -2.02. The lowest BCUT2D eigenvalue weighted by atomic mass is 10.1. The number of aromatic carboxylic acids is 1. The summed E-state index contributed by atoms with van der Waals surface area (Å²) in [6.07, 6.45) is 1.43. The quantitative estimate of drug-likeness (QED) is 0.577. The fraction of sp³-hybridized carbons (Fsp3) is 0. The number of benzene rings is 1. The summed E-state index contributed by atoms with van der Waals surface area (Å²) in [7, 11) is 0. The number of nitrogens with one attached hydrogen (secondary N) is 1. The van der Waals surface area contributed by atoms with E-state index in [1.54, 1.807) is 23.6 Å². The highest BCUT2D eigenvalue weighted by molar-refractivity contribution is 7.14. The van der Waals surface area contributed by atoms with E-state index in [0.29, 0.717) is 16.5 Å². The van der Waals surface area contributed by atoms with Crippen LogP contribution in [0.25, 0.3) is 0 Å². The Labute approximate surface area is 107 Å². The number of carbonyl (C=O) groups is 1. The van der Waals surface area contributed by atoms with Crippen molar-refractivity contribution in [2.45, 2.75) is 0 Å². The summed E-state index contributed by atoms with van der Waals surface area (Å²) in [5.74, 6) is -0.570. The largest absolute Gasteiger partial charge is 0.478 e. The molecule has 0 amide bonds. The summed E-state index contributed by atoms with van der Waals surface area (Å²) in [6.45, 7) is 0. The van der Waals surface area contributed by atoms with Gasteiger partial charge in [-0.25, -0.2) is 9.78 Å². The highest BCUT2D eigenvalue weighted by atomic mass is 32.1. The van der Waals surface area contributed by atoms with Crippen LogP contribution in [-0.4, -0.2) is 22.3 Å². The third kappa shape index (κ3) is 2.83. The number of nitrogens with zero attached hydrogens (tertiary/aromatic N) is 2. The fourth-order valence-corrected chi connectivity index (χ4v) is 1.85. The molecule has 18 heavy (non-hydrogen) atoms. The SMILES string of the molecule is Nc1csc(NN=Cc2ccccc2C(=O)O)n1.